The molecule has 128 valence electrons. The topological polar surface area (TPSA) is 117 Å². The molecule has 0 radical (unpaired) electrons. The molecule has 0 spiro atoms. The largest absolute Gasteiger partial charge is 0.497 e. The minimum Gasteiger partial charge on any atom is -0.497 e. The van der Waals surface area contributed by atoms with Gasteiger partial charge >= 0.3 is 5.69 Å². The second-order valence-corrected chi connectivity index (χ2v) is 4.90. The van der Waals surface area contributed by atoms with E-state index in [1.165, 1.54) is 7.11 Å². The average Bonchev–Trinajstić information content (AvgIpc) is 2.58. The van der Waals surface area contributed by atoms with Gasteiger partial charge in [0.25, 0.3) is 5.56 Å². The maximum atomic E-state index is 12.1. The summed E-state index contributed by atoms with van der Waals surface area (Å²) in [7, 11) is 1.52. The Hall–Kier alpha value is -2.87. The van der Waals surface area contributed by atoms with Gasteiger partial charge in [-0.1, -0.05) is 6.92 Å². The molecular formula is C16H19N3O5. The van der Waals surface area contributed by atoms with E-state index >= 15 is 0 Å². The number of aliphatic imine (C=N–C) groups is 1. The lowest BCUT2D eigenvalue weighted by Gasteiger charge is -2.12. The molecule has 2 aromatic rings. The summed E-state index contributed by atoms with van der Waals surface area (Å²) in [5, 5.41) is 19.4. The number of nitrogens with one attached hydrogen (secondary N) is 1. The summed E-state index contributed by atoms with van der Waals surface area (Å²) >= 11 is 0. The van der Waals surface area contributed by atoms with Crippen molar-refractivity contribution in [1.29, 1.82) is 0 Å². The lowest BCUT2D eigenvalue weighted by molar-refractivity contribution is 0.307. The zero-order chi connectivity index (χ0) is 17.7. The molecule has 8 heteroatoms. The van der Waals surface area contributed by atoms with Crippen LogP contribution in [0.3, 0.4) is 0 Å². The minimum atomic E-state index is -0.760. The van der Waals surface area contributed by atoms with Gasteiger partial charge in [0, 0.05) is 0 Å². The fraction of sp³-hybridized carbons (Fsp3) is 0.312. The van der Waals surface area contributed by atoms with Crippen molar-refractivity contribution in [2.24, 2.45) is 4.99 Å². The normalized spacial score (nSPS) is 11.5. The average molecular weight is 333 g/mol. The second kappa shape index (κ2) is 7.60. The van der Waals surface area contributed by atoms with Crippen LogP contribution in [0, 0.1) is 0 Å². The Morgan fingerprint density at radius 2 is 1.96 bits per heavy atom. The second-order valence-electron chi connectivity index (χ2n) is 4.90. The summed E-state index contributed by atoms with van der Waals surface area (Å²) in [6.07, 6.45) is 0.359. The molecule has 0 fully saturated rings. The number of benzene rings is 1. The number of aromatic nitrogens is 2. The Kier molecular flexibility index (Phi) is 5.54. The van der Waals surface area contributed by atoms with E-state index in [1.807, 2.05) is 0 Å². The van der Waals surface area contributed by atoms with Gasteiger partial charge in [-0.05, 0) is 30.7 Å². The van der Waals surface area contributed by atoms with Crippen molar-refractivity contribution in [3.05, 3.63) is 50.7 Å². The lowest BCUT2D eigenvalue weighted by Crippen LogP contribution is -2.33. The summed E-state index contributed by atoms with van der Waals surface area (Å²) in [5.74, 6) is 0.0992. The standard InChI is InChI=1S/C16H19N3O5/c1-3-12(17-8-9-20)13-14(21)18-16(23)19(15(13)22)10-4-6-11(24-2)7-5-10/h4-7,20,22H,3,8-9H2,1-2H3,(H,18,21,23). The third-order valence-corrected chi connectivity index (χ3v) is 3.44. The van der Waals surface area contributed by atoms with E-state index in [2.05, 4.69) is 9.98 Å². The number of rotatable bonds is 6. The van der Waals surface area contributed by atoms with Gasteiger partial charge in [-0.25, -0.2) is 9.36 Å². The van der Waals surface area contributed by atoms with E-state index in [4.69, 9.17) is 9.84 Å². The zero-order valence-corrected chi connectivity index (χ0v) is 13.4. The number of methoxy groups -OCH3 is 1. The van der Waals surface area contributed by atoms with Crippen LogP contribution in [0.2, 0.25) is 0 Å². The minimum absolute atomic E-state index is 0.0821. The first-order chi connectivity index (χ1) is 11.5. The summed E-state index contributed by atoms with van der Waals surface area (Å²) < 4.78 is 6.04. The highest BCUT2D eigenvalue weighted by Crippen LogP contribution is 2.20. The molecule has 0 saturated heterocycles. The first-order valence-corrected chi connectivity index (χ1v) is 7.40. The number of aromatic amines is 1. The number of H-pyrrole nitrogens is 1. The van der Waals surface area contributed by atoms with Gasteiger partial charge in [-0.3, -0.25) is 14.8 Å². The molecule has 0 aliphatic rings. The van der Waals surface area contributed by atoms with Gasteiger partial charge in [0.05, 0.1) is 31.7 Å². The van der Waals surface area contributed by atoms with Crippen LogP contribution in [0.1, 0.15) is 18.9 Å². The molecule has 0 saturated carbocycles. The number of aliphatic hydroxyl groups is 1. The van der Waals surface area contributed by atoms with Crippen molar-refractivity contribution < 1.29 is 14.9 Å². The molecule has 8 nitrogen and oxygen atoms in total. The van der Waals surface area contributed by atoms with Crippen LogP contribution in [0.25, 0.3) is 5.69 Å². The predicted octanol–water partition coefficient (Wildman–Crippen LogP) is 0.431. The van der Waals surface area contributed by atoms with Gasteiger partial charge < -0.3 is 14.9 Å². The Morgan fingerprint density at radius 1 is 1.29 bits per heavy atom. The molecule has 1 aromatic heterocycles. The monoisotopic (exact) mass is 333 g/mol. The van der Waals surface area contributed by atoms with E-state index in [1.54, 1.807) is 31.2 Å². The van der Waals surface area contributed by atoms with E-state index in [-0.39, 0.29) is 18.7 Å². The first kappa shape index (κ1) is 17.5. The van der Waals surface area contributed by atoms with E-state index < -0.39 is 17.1 Å². The Bertz CT molecular complexity index is 849. The van der Waals surface area contributed by atoms with E-state index in [0.717, 1.165) is 4.57 Å². The van der Waals surface area contributed by atoms with Crippen LogP contribution in [-0.4, -0.2) is 45.7 Å². The van der Waals surface area contributed by atoms with Crippen LogP contribution in [0.5, 0.6) is 11.6 Å². The molecular weight excluding hydrogens is 314 g/mol. The number of ether oxygens (including phenoxy) is 1. The van der Waals surface area contributed by atoms with Gasteiger partial charge in [-0.2, -0.15) is 0 Å². The van der Waals surface area contributed by atoms with E-state index in [0.29, 0.717) is 23.6 Å². The van der Waals surface area contributed by atoms with Crippen molar-refractivity contribution in [2.75, 3.05) is 20.3 Å². The Morgan fingerprint density at radius 3 is 2.50 bits per heavy atom. The summed E-state index contributed by atoms with van der Waals surface area (Å²) in [6.45, 7) is 1.68. The Balaban J connectivity index is 2.67. The summed E-state index contributed by atoms with van der Waals surface area (Å²) in [4.78, 5) is 30.5. The fourth-order valence-corrected chi connectivity index (χ4v) is 2.31. The number of hydrogen-bond donors (Lipinski definition) is 3. The number of hydrogen-bond acceptors (Lipinski definition) is 6. The maximum Gasteiger partial charge on any atom is 0.335 e. The molecule has 0 amide bonds. The molecule has 0 atom stereocenters. The highest BCUT2D eigenvalue weighted by molar-refractivity contribution is 6.02. The molecule has 1 aromatic carbocycles. The van der Waals surface area contributed by atoms with Gasteiger partial charge in [0.1, 0.15) is 11.3 Å². The smallest absolute Gasteiger partial charge is 0.335 e. The van der Waals surface area contributed by atoms with Gasteiger partial charge in [0.15, 0.2) is 0 Å². The summed E-state index contributed by atoms with van der Waals surface area (Å²) in [6, 6.07) is 6.43. The van der Waals surface area contributed by atoms with Crippen LogP contribution >= 0.6 is 0 Å². The molecule has 0 aliphatic carbocycles. The number of aliphatic hydroxyl groups excluding tert-OH is 1. The molecule has 0 bridgehead atoms. The van der Waals surface area contributed by atoms with Crippen molar-refractivity contribution in [2.45, 2.75) is 13.3 Å². The quantitative estimate of drug-likeness (QED) is 0.663. The van der Waals surface area contributed by atoms with Crippen LogP contribution < -0.4 is 16.0 Å². The molecule has 0 aliphatic heterocycles. The lowest BCUT2D eigenvalue weighted by atomic mass is 10.1. The zero-order valence-electron chi connectivity index (χ0n) is 13.4. The van der Waals surface area contributed by atoms with Gasteiger partial charge in [0.2, 0.25) is 5.88 Å². The van der Waals surface area contributed by atoms with Crippen LogP contribution in [0.4, 0.5) is 0 Å². The molecule has 0 unspecified atom stereocenters. The van der Waals surface area contributed by atoms with Crippen molar-refractivity contribution in [1.82, 2.24) is 9.55 Å². The highest BCUT2D eigenvalue weighted by atomic mass is 16.5. The van der Waals surface area contributed by atoms with Crippen LogP contribution in [-0.2, 0) is 0 Å². The Labute approximate surface area is 137 Å². The predicted molar refractivity (Wildman–Crippen MR) is 89.7 cm³/mol. The SMILES string of the molecule is CCC(=NCCO)c1c(O)n(-c2ccc(OC)cc2)c(=O)[nH]c1=O. The third-order valence-electron chi connectivity index (χ3n) is 3.44. The molecule has 3 N–H and O–H groups in total. The van der Waals surface area contributed by atoms with Crippen molar-refractivity contribution in [3.63, 3.8) is 0 Å². The number of aromatic hydroxyl groups is 1. The van der Waals surface area contributed by atoms with Crippen molar-refractivity contribution in [3.8, 4) is 17.3 Å². The molecule has 24 heavy (non-hydrogen) atoms. The fourth-order valence-electron chi connectivity index (χ4n) is 2.31. The van der Waals surface area contributed by atoms with Crippen LogP contribution in [0.15, 0.2) is 38.8 Å². The number of nitrogens with zero attached hydrogens (tertiary/aromatic N) is 2. The first-order valence-electron chi connectivity index (χ1n) is 7.40. The maximum absolute atomic E-state index is 12.1. The third kappa shape index (κ3) is 3.38. The molecule has 2 rings (SSSR count). The van der Waals surface area contributed by atoms with Crippen molar-refractivity contribution >= 4 is 5.71 Å². The highest BCUT2D eigenvalue weighted by Gasteiger charge is 2.19. The summed E-state index contributed by atoms with van der Waals surface area (Å²) in [5.41, 5.74) is -0.885. The van der Waals surface area contributed by atoms with E-state index in [9.17, 15) is 14.7 Å². The van der Waals surface area contributed by atoms with Gasteiger partial charge in [-0.15, -0.1) is 0 Å². The molecule has 1 heterocycles.